The van der Waals surface area contributed by atoms with Crippen molar-refractivity contribution in [2.24, 2.45) is 0 Å². The van der Waals surface area contributed by atoms with Gasteiger partial charge in [-0.2, -0.15) is 0 Å². The summed E-state index contributed by atoms with van der Waals surface area (Å²) in [4.78, 5) is 0. The molecule has 0 bridgehead atoms. The lowest BCUT2D eigenvalue weighted by molar-refractivity contribution is 1.33. The fourth-order valence-corrected chi connectivity index (χ4v) is 2.85. The van der Waals surface area contributed by atoms with Gasteiger partial charge < -0.3 is 0 Å². The van der Waals surface area contributed by atoms with Crippen molar-refractivity contribution in [1.29, 1.82) is 0 Å². The molecule has 0 heterocycles. The molecule has 0 saturated carbocycles. The molecule has 1 heteroatoms. The summed E-state index contributed by atoms with van der Waals surface area (Å²) in [5.41, 5.74) is 7.58. The van der Waals surface area contributed by atoms with E-state index in [1.54, 1.807) is 0 Å². The predicted molar refractivity (Wildman–Crippen MR) is 103 cm³/mol. The maximum Gasteiger partial charge on any atom is 0.0175 e. The van der Waals surface area contributed by atoms with Crippen LogP contribution < -0.4 is 0 Å². The molecule has 3 rings (SSSR count). The van der Waals surface area contributed by atoms with Gasteiger partial charge in [0.15, 0.2) is 0 Å². The van der Waals surface area contributed by atoms with Crippen molar-refractivity contribution < 1.29 is 0 Å². The molecular formula is C22H19Br. The van der Waals surface area contributed by atoms with Crippen molar-refractivity contribution in [1.82, 2.24) is 0 Å². The van der Waals surface area contributed by atoms with Gasteiger partial charge in [-0.1, -0.05) is 76.6 Å². The van der Waals surface area contributed by atoms with Gasteiger partial charge >= 0.3 is 0 Å². The molecule has 0 unspecified atom stereocenters. The van der Waals surface area contributed by atoms with Crippen LogP contribution in [0.1, 0.15) is 27.8 Å². The van der Waals surface area contributed by atoms with Crippen molar-refractivity contribution >= 4 is 27.6 Å². The van der Waals surface area contributed by atoms with Crippen molar-refractivity contribution in [2.45, 2.75) is 13.8 Å². The predicted octanol–water partition coefficient (Wildman–Crippen LogP) is 6.65. The van der Waals surface area contributed by atoms with Crippen LogP contribution in [0.5, 0.6) is 0 Å². The fourth-order valence-electron chi connectivity index (χ4n) is 2.59. The van der Waals surface area contributed by atoms with Crippen molar-refractivity contribution in [3.05, 3.63) is 105 Å². The second kappa shape index (κ2) is 6.97. The SMILES string of the molecule is Cc1ccc(/C(=C\c2ccc(Br)cc2)c2ccccc2)cc1C. The Morgan fingerprint density at radius 3 is 2.09 bits per heavy atom. The van der Waals surface area contributed by atoms with Gasteiger partial charge in [0.05, 0.1) is 0 Å². The molecule has 0 radical (unpaired) electrons. The van der Waals surface area contributed by atoms with Crippen LogP contribution in [0.3, 0.4) is 0 Å². The summed E-state index contributed by atoms with van der Waals surface area (Å²) in [6, 6.07) is 25.7. The molecule has 0 N–H and O–H groups in total. The smallest absolute Gasteiger partial charge is 0.0175 e. The van der Waals surface area contributed by atoms with E-state index in [1.807, 2.05) is 0 Å². The maximum absolute atomic E-state index is 3.50. The Balaban J connectivity index is 2.14. The Hall–Kier alpha value is -2.12. The van der Waals surface area contributed by atoms with Crippen molar-refractivity contribution in [3.63, 3.8) is 0 Å². The number of hydrogen-bond acceptors (Lipinski definition) is 0. The molecule has 0 fully saturated rings. The Labute approximate surface area is 146 Å². The summed E-state index contributed by atoms with van der Waals surface area (Å²) in [7, 11) is 0. The average molecular weight is 363 g/mol. The lowest BCUT2D eigenvalue weighted by Crippen LogP contribution is -1.91. The standard InChI is InChI=1S/C22H19Br/c1-16-8-11-20(14-17(16)2)22(19-6-4-3-5-7-19)15-18-9-12-21(23)13-10-18/h3-15H,1-2H3/b22-15-. The molecule has 0 aliphatic carbocycles. The van der Waals surface area contributed by atoms with E-state index in [4.69, 9.17) is 0 Å². The van der Waals surface area contributed by atoms with Crippen LogP contribution in [0, 0.1) is 13.8 Å². The lowest BCUT2D eigenvalue weighted by Gasteiger charge is -2.11. The molecule has 3 aromatic rings. The summed E-state index contributed by atoms with van der Waals surface area (Å²) >= 11 is 3.50. The summed E-state index contributed by atoms with van der Waals surface area (Å²) in [5, 5.41) is 0. The Kier molecular flexibility index (Phi) is 4.78. The molecule has 0 aliphatic heterocycles. The van der Waals surface area contributed by atoms with E-state index in [2.05, 4.69) is 109 Å². The van der Waals surface area contributed by atoms with E-state index in [9.17, 15) is 0 Å². The zero-order valence-electron chi connectivity index (χ0n) is 13.4. The van der Waals surface area contributed by atoms with Crippen molar-refractivity contribution in [3.8, 4) is 0 Å². The fraction of sp³-hybridized carbons (Fsp3) is 0.0909. The first-order valence-corrected chi connectivity index (χ1v) is 8.53. The monoisotopic (exact) mass is 362 g/mol. The number of benzene rings is 3. The number of rotatable bonds is 3. The first-order valence-electron chi connectivity index (χ1n) is 7.74. The van der Waals surface area contributed by atoms with Crippen LogP contribution in [-0.2, 0) is 0 Å². The minimum absolute atomic E-state index is 1.10. The van der Waals surface area contributed by atoms with Gasteiger partial charge in [-0.15, -0.1) is 0 Å². The highest BCUT2D eigenvalue weighted by Gasteiger charge is 2.06. The van der Waals surface area contributed by atoms with E-state index in [0.29, 0.717) is 0 Å². The third-order valence-corrected chi connectivity index (χ3v) is 4.61. The minimum Gasteiger partial charge on any atom is -0.0622 e. The molecule has 3 aromatic carbocycles. The highest BCUT2D eigenvalue weighted by molar-refractivity contribution is 9.10. The largest absolute Gasteiger partial charge is 0.0622 e. The molecular weight excluding hydrogens is 344 g/mol. The number of hydrogen-bond donors (Lipinski definition) is 0. The van der Waals surface area contributed by atoms with Crippen LogP contribution in [0.15, 0.2) is 77.3 Å². The average Bonchev–Trinajstić information content (AvgIpc) is 2.58. The Bertz CT molecular complexity index is 828. The first kappa shape index (κ1) is 15.8. The topological polar surface area (TPSA) is 0 Å². The normalized spacial score (nSPS) is 11.5. The zero-order chi connectivity index (χ0) is 16.2. The first-order chi connectivity index (χ1) is 11.1. The molecule has 0 nitrogen and oxygen atoms in total. The quantitative estimate of drug-likeness (QED) is 0.457. The molecule has 0 saturated heterocycles. The van der Waals surface area contributed by atoms with E-state index in [0.717, 1.165) is 4.47 Å². The van der Waals surface area contributed by atoms with Gasteiger partial charge in [0.1, 0.15) is 0 Å². The summed E-state index contributed by atoms with van der Waals surface area (Å²) in [5.74, 6) is 0. The molecule has 0 amide bonds. The Morgan fingerprint density at radius 1 is 0.739 bits per heavy atom. The minimum atomic E-state index is 1.10. The number of halogens is 1. The van der Waals surface area contributed by atoms with Gasteiger partial charge in [-0.3, -0.25) is 0 Å². The molecule has 0 aliphatic rings. The van der Waals surface area contributed by atoms with Gasteiger partial charge in [0, 0.05) is 4.47 Å². The van der Waals surface area contributed by atoms with Gasteiger partial charge in [-0.05, 0) is 65.4 Å². The second-order valence-electron chi connectivity index (χ2n) is 5.77. The number of aryl methyl sites for hydroxylation is 2. The third kappa shape index (κ3) is 3.80. The highest BCUT2D eigenvalue weighted by Crippen LogP contribution is 2.28. The van der Waals surface area contributed by atoms with Gasteiger partial charge in [0.2, 0.25) is 0 Å². The lowest BCUT2D eigenvalue weighted by atomic mass is 9.93. The van der Waals surface area contributed by atoms with Crippen LogP contribution in [0.2, 0.25) is 0 Å². The molecule has 0 spiro atoms. The molecule has 114 valence electrons. The van der Waals surface area contributed by atoms with E-state index < -0.39 is 0 Å². The summed E-state index contributed by atoms with van der Waals surface area (Å²) in [6.45, 7) is 4.32. The van der Waals surface area contributed by atoms with Crippen LogP contribution >= 0.6 is 15.9 Å². The van der Waals surface area contributed by atoms with Gasteiger partial charge in [0.25, 0.3) is 0 Å². The van der Waals surface area contributed by atoms with Crippen molar-refractivity contribution in [2.75, 3.05) is 0 Å². The molecule has 23 heavy (non-hydrogen) atoms. The summed E-state index contributed by atoms with van der Waals surface area (Å²) in [6.07, 6.45) is 2.26. The molecule has 0 aromatic heterocycles. The van der Waals surface area contributed by atoms with Crippen LogP contribution in [-0.4, -0.2) is 0 Å². The van der Waals surface area contributed by atoms with Gasteiger partial charge in [-0.25, -0.2) is 0 Å². The highest BCUT2D eigenvalue weighted by atomic mass is 79.9. The Morgan fingerprint density at radius 2 is 1.43 bits per heavy atom. The van der Waals surface area contributed by atoms with E-state index in [1.165, 1.54) is 33.4 Å². The summed E-state index contributed by atoms with van der Waals surface area (Å²) < 4.78 is 1.10. The zero-order valence-corrected chi connectivity index (χ0v) is 15.0. The van der Waals surface area contributed by atoms with E-state index >= 15 is 0 Å². The van der Waals surface area contributed by atoms with Crippen LogP contribution in [0.4, 0.5) is 0 Å². The van der Waals surface area contributed by atoms with E-state index in [-0.39, 0.29) is 0 Å². The third-order valence-electron chi connectivity index (χ3n) is 4.08. The molecule has 0 atom stereocenters. The maximum atomic E-state index is 3.50. The second-order valence-corrected chi connectivity index (χ2v) is 6.69. The van der Waals surface area contributed by atoms with Crippen LogP contribution in [0.25, 0.3) is 11.6 Å².